The summed E-state index contributed by atoms with van der Waals surface area (Å²) in [5.74, 6) is 0.474. The predicted molar refractivity (Wildman–Crippen MR) is 132 cm³/mol. The Morgan fingerprint density at radius 3 is 1.93 bits per heavy atom. The zero-order valence-corrected chi connectivity index (χ0v) is 20.8. The van der Waals surface area contributed by atoms with Crippen LogP contribution in [0.2, 0.25) is 0 Å². The van der Waals surface area contributed by atoms with Crippen molar-refractivity contribution >= 4 is 23.5 Å². The molecule has 0 aromatic rings. The molecule has 2 aliphatic rings. The molecule has 0 aromatic carbocycles. The first kappa shape index (κ1) is 25.6. The Labute approximate surface area is 189 Å². The van der Waals surface area contributed by atoms with Crippen LogP contribution >= 0.6 is 23.5 Å². The molecule has 0 amide bonds. The van der Waals surface area contributed by atoms with Crippen LogP contribution in [-0.4, -0.2) is 44.4 Å². The zero-order valence-electron chi connectivity index (χ0n) is 19.2. The first-order chi connectivity index (χ1) is 13.9. The minimum Gasteiger partial charge on any atom is -0.396 e. The summed E-state index contributed by atoms with van der Waals surface area (Å²) >= 11 is 4.43. The number of unbranched alkanes of at least 4 members (excludes halogenated alkanes) is 2. The van der Waals surface area contributed by atoms with Crippen molar-refractivity contribution < 1.29 is 10.2 Å². The van der Waals surface area contributed by atoms with E-state index < -0.39 is 0 Å². The molecule has 0 spiro atoms. The van der Waals surface area contributed by atoms with Gasteiger partial charge in [-0.2, -0.15) is 23.5 Å². The van der Waals surface area contributed by atoms with Crippen LogP contribution in [0.1, 0.15) is 97.8 Å². The lowest BCUT2D eigenvalue weighted by molar-refractivity contribution is 0.147. The number of thioether (sulfide) groups is 2. The van der Waals surface area contributed by atoms with Crippen LogP contribution in [-0.2, 0) is 0 Å². The van der Waals surface area contributed by atoms with Gasteiger partial charge in [-0.1, -0.05) is 58.6 Å². The van der Waals surface area contributed by atoms with Crippen molar-refractivity contribution in [1.82, 2.24) is 0 Å². The van der Waals surface area contributed by atoms with Crippen molar-refractivity contribution in [2.45, 2.75) is 119 Å². The van der Waals surface area contributed by atoms with E-state index in [9.17, 15) is 5.11 Å². The predicted octanol–water partition coefficient (Wildman–Crippen LogP) is 6.84. The van der Waals surface area contributed by atoms with Gasteiger partial charge >= 0.3 is 0 Å². The van der Waals surface area contributed by atoms with Gasteiger partial charge in [0.05, 0.1) is 0 Å². The van der Waals surface area contributed by atoms with Gasteiger partial charge in [-0.05, 0) is 62.7 Å². The molecule has 2 heterocycles. The van der Waals surface area contributed by atoms with Gasteiger partial charge in [0.25, 0.3) is 0 Å². The molecular formula is C25H46O2S2. The summed E-state index contributed by atoms with van der Waals surface area (Å²) in [6.45, 7) is 7.13. The van der Waals surface area contributed by atoms with E-state index in [-0.39, 0.29) is 5.41 Å². The van der Waals surface area contributed by atoms with Gasteiger partial charge in [0.1, 0.15) is 0 Å². The van der Waals surface area contributed by atoms with Gasteiger partial charge in [0, 0.05) is 34.2 Å². The van der Waals surface area contributed by atoms with Crippen LogP contribution in [0.15, 0.2) is 12.2 Å². The lowest BCUT2D eigenvalue weighted by Gasteiger charge is -2.21. The van der Waals surface area contributed by atoms with Crippen LogP contribution in [0.3, 0.4) is 0 Å². The fraction of sp³-hybridized carbons (Fsp3) is 0.920. The fourth-order valence-electron chi connectivity index (χ4n) is 4.43. The van der Waals surface area contributed by atoms with Crippen LogP contribution in [0.4, 0.5) is 0 Å². The molecule has 0 bridgehead atoms. The van der Waals surface area contributed by atoms with Gasteiger partial charge in [-0.25, -0.2) is 0 Å². The van der Waals surface area contributed by atoms with Gasteiger partial charge in [0.15, 0.2) is 0 Å². The lowest BCUT2D eigenvalue weighted by atomic mass is 9.88. The Kier molecular flexibility index (Phi) is 12.1. The van der Waals surface area contributed by atoms with E-state index in [2.05, 4.69) is 56.4 Å². The molecule has 5 atom stereocenters. The fourth-order valence-corrected chi connectivity index (χ4v) is 7.48. The number of hydrogen-bond acceptors (Lipinski definition) is 4. The van der Waals surface area contributed by atoms with E-state index in [0.29, 0.717) is 19.1 Å². The molecule has 170 valence electrons. The quantitative estimate of drug-likeness (QED) is 0.228. The van der Waals surface area contributed by atoms with Gasteiger partial charge in [-0.3, -0.25) is 0 Å². The third kappa shape index (κ3) is 10.5. The molecule has 2 fully saturated rings. The summed E-state index contributed by atoms with van der Waals surface area (Å²) in [5, 5.41) is 21.7. The first-order valence-corrected chi connectivity index (χ1v) is 14.0. The van der Waals surface area contributed by atoms with Crippen LogP contribution in [0, 0.1) is 11.3 Å². The Morgan fingerprint density at radius 1 is 0.862 bits per heavy atom. The standard InChI is InChI=1S/C25H46O2S2/c1-20(18-26)8-4-5-9-21-11-13-23(28-21)15-16-24-14-12-22(29-24)10-6-7-17-25(2,3)19-27/h15-16,20-24,26-27H,4-14,17-19H2,1-3H3/b16-15-. The normalized spacial score (nSPS) is 29.1. The molecule has 2 aliphatic heterocycles. The van der Waals surface area contributed by atoms with Crippen LogP contribution in [0.5, 0.6) is 0 Å². The maximum Gasteiger partial charge on any atom is 0.0482 e. The minimum absolute atomic E-state index is 0.1000. The smallest absolute Gasteiger partial charge is 0.0482 e. The Bertz CT molecular complexity index is 466. The number of aliphatic hydroxyl groups is 2. The minimum atomic E-state index is 0.1000. The molecule has 0 radical (unpaired) electrons. The second-order valence-electron chi connectivity index (χ2n) is 10.3. The van der Waals surface area contributed by atoms with Crippen LogP contribution < -0.4 is 0 Å². The Balaban J connectivity index is 1.54. The molecule has 0 aromatic heterocycles. The SMILES string of the molecule is CC(CO)CCCCC1CCC(/C=C\C2CCC(CCCCC(C)(C)CO)S2)S1. The summed E-state index contributed by atoms with van der Waals surface area (Å²) in [6.07, 6.45) is 20.8. The number of aliphatic hydroxyl groups excluding tert-OH is 2. The van der Waals surface area contributed by atoms with E-state index in [4.69, 9.17) is 5.11 Å². The zero-order chi connectivity index (χ0) is 21.1. The lowest BCUT2D eigenvalue weighted by Crippen LogP contribution is -2.16. The van der Waals surface area contributed by atoms with Crippen molar-refractivity contribution in [3.05, 3.63) is 12.2 Å². The topological polar surface area (TPSA) is 40.5 Å². The molecule has 2 saturated heterocycles. The van der Waals surface area contributed by atoms with E-state index in [1.165, 1.54) is 70.6 Å². The van der Waals surface area contributed by atoms with Gasteiger partial charge < -0.3 is 10.2 Å². The molecule has 5 unspecified atom stereocenters. The average Bonchev–Trinajstić information content (AvgIpc) is 3.36. The summed E-state index contributed by atoms with van der Waals surface area (Å²) in [7, 11) is 0. The van der Waals surface area contributed by atoms with Crippen molar-refractivity contribution in [3.63, 3.8) is 0 Å². The highest BCUT2D eigenvalue weighted by Gasteiger charge is 2.26. The average molecular weight is 443 g/mol. The van der Waals surface area contributed by atoms with E-state index in [0.717, 1.165) is 27.4 Å². The summed E-state index contributed by atoms with van der Waals surface area (Å²) in [6, 6.07) is 0. The van der Waals surface area contributed by atoms with Crippen molar-refractivity contribution in [2.75, 3.05) is 13.2 Å². The summed E-state index contributed by atoms with van der Waals surface area (Å²) in [4.78, 5) is 0. The maximum atomic E-state index is 9.37. The van der Waals surface area contributed by atoms with Crippen LogP contribution in [0.25, 0.3) is 0 Å². The molecular weight excluding hydrogens is 396 g/mol. The summed E-state index contributed by atoms with van der Waals surface area (Å²) < 4.78 is 0. The highest BCUT2D eigenvalue weighted by Crippen LogP contribution is 2.40. The molecule has 29 heavy (non-hydrogen) atoms. The molecule has 0 saturated carbocycles. The number of hydrogen-bond donors (Lipinski definition) is 2. The third-order valence-corrected chi connectivity index (χ3v) is 9.86. The van der Waals surface area contributed by atoms with Crippen molar-refractivity contribution in [3.8, 4) is 0 Å². The van der Waals surface area contributed by atoms with Crippen molar-refractivity contribution in [2.24, 2.45) is 11.3 Å². The second kappa shape index (κ2) is 13.7. The van der Waals surface area contributed by atoms with E-state index >= 15 is 0 Å². The third-order valence-electron chi connectivity index (χ3n) is 6.66. The van der Waals surface area contributed by atoms with Gasteiger partial charge in [0.2, 0.25) is 0 Å². The monoisotopic (exact) mass is 442 g/mol. The second-order valence-corrected chi connectivity index (χ2v) is 13.4. The van der Waals surface area contributed by atoms with Gasteiger partial charge in [-0.15, -0.1) is 0 Å². The molecule has 4 heteroatoms. The number of rotatable bonds is 14. The molecule has 2 nitrogen and oxygen atoms in total. The van der Waals surface area contributed by atoms with Crippen molar-refractivity contribution in [1.29, 1.82) is 0 Å². The maximum absolute atomic E-state index is 9.37. The molecule has 2 rings (SSSR count). The Morgan fingerprint density at radius 2 is 1.41 bits per heavy atom. The largest absolute Gasteiger partial charge is 0.396 e. The molecule has 0 aliphatic carbocycles. The summed E-state index contributed by atoms with van der Waals surface area (Å²) in [5.41, 5.74) is 0.1000. The van der Waals surface area contributed by atoms with E-state index in [1.54, 1.807) is 0 Å². The Hall–Kier alpha value is 0.360. The molecule has 2 N–H and O–H groups in total. The highest BCUT2D eigenvalue weighted by molar-refractivity contribution is 8.01. The first-order valence-electron chi connectivity index (χ1n) is 12.1. The van der Waals surface area contributed by atoms with E-state index in [1.807, 2.05) is 0 Å². The highest BCUT2D eigenvalue weighted by atomic mass is 32.2.